The molecule has 2 N–H and O–H groups in total. The lowest BCUT2D eigenvalue weighted by Gasteiger charge is -2.09. The number of halogens is 3. The summed E-state index contributed by atoms with van der Waals surface area (Å²) in [4.78, 5) is 3.68. The average Bonchev–Trinajstić information content (AvgIpc) is 2.32. The first-order valence-corrected chi connectivity index (χ1v) is 5.82. The highest BCUT2D eigenvalue weighted by Gasteiger charge is 2.07. The van der Waals surface area contributed by atoms with Crippen LogP contribution < -0.4 is 10.5 Å². The van der Waals surface area contributed by atoms with Gasteiger partial charge in [-0.3, -0.25) is 4.98 Å². The molecule has 0 aliphatic carbocycles. The number of benzene rings is 1. The van der Waals surface area contributed by atoms with Crippen molar-refractivity contribution in [1.29, 1.82) is 0 Å². The Hall–Kier alpha value is -1.69. The third kappa shape index (κ3) is 2.95. The highest BCUT2D eigenvalue weighted by Crippen LogP contribution is 2.28. The molecular formula is C12H9BrF2N2O. The largest absolute Gasteiger partial charge is 0.487 e. The van der Waals surface area contributed by atoms with Gasteiger partial charge in [0.25, 0.3) is 0 Å². The number of rotatable bonds is 3. The van der Waals surface area contributed by atoms with Crippen LogP contribution in [0.1, 0.15) is 5.56 Å². The molecular weight excluding hydrogens is 306 g/mol. The second kappa shape index (κ2) is 5.30. The highest BCUT2D eigenvalue weighted by atomic mass is 79.9. The molecule has 0 aliphatic rings. The van der Waals surface area contributed by atoms with Crippen LogP contribution in [0.4, 0.5) is 14.5 Å². The van der Waals surface area contributed by atoms with Gasteiger partial charge in [-0.1, -0.05) is 0 Å². The molecule has 2 rings (SSSR count). The molecule has 0 saturated heterocycles. The number of anilines is 1. The first-order chi connectivity index (χ1) is 8.56. The Morgan fingerprint density at radius 3 is 2.72 bits per heavy atom. The Labute approximate surface area is 111 Å². The van der Waals surface area contributed by atoms with Crippen LogP contribution in [0.15, 0.2) is 35.1 Å². The average molecular weight is 315 g/mol. The van der Waals surface area contributed by atoms with Gasteiger partial charge in [0.15, 0.2) is 0 Å². The predicted molar refractivity (Wildman–Crippen MR) is 67.0 cm³/mol. The Bertz CT molecular complexity index is 578. The molecule has 1 aromatic heterocycles. The summed E-state index contributed by atoms with van der Waals surface area (Å²) in [5.74, 6) is -0.720. The summed E-state index contributed by atoms with van der Waals surface area (Å²) in [5.41, 5.74) is 6.51. The summed E-state index contributed by atoms with van der Waals surface area (Å²) in [5, 5.41) is 0. The van der Waals surface area contributed by atoms with Crippen molar-refractivity contribution in [2.45, 2.75) is 6.61 Å². The molecule has 3 nitrogen and oxygen atoms in total. The lowest BCUT2D eigenvalue weighted by atomic mass is 10.2. The second-order valence-corrected chi connectivity index (χ2v) is 4.46. The first kappa shape index (κ1) is 12.8. The molecule has 0 amide bonds. The van der Waals surface area contributed by atoms with Crippen molar-refractivity contribution in [1.82, 2.24) is 4.98 Å². The number of hydrogen-bond acceptors (Lipinski definition) is 3. The fourth-order valence-electron chi connectivity index (χ4n) is 1.36. The van der Waals surface area contributed by atoms with Crippen molar-refractivity contribution < 1.29 is 13.5 Å². The van der Waals surface area contributed by atoms with E-state index in [0.29, 0.717) is 11.3 Å². The number of hydrogen-bond donors (Lipinski definition) is 1. The maximum absolute atomic E-state index is 13.3. The van der Waals surface area contributed by atoms with E-state index in [4.69, 9.17) is 10.5 Å². The van der Waals surface area contributed by atoms with E-state index in [1.807, 2.05) is 0 Å². The topological polar surface area (TPSA) is 48.1 Å². The van der Waals surface area contributed by atoms with Crippen LogP contribution in [0.25, 0.3) is 0 Å². The van der Waals surface area contributed by atoms with Gasteiger partial charge < -0.3 is 10.5 Å². The first-order valence-electron chi connectivity index (χ1n) is 5.03. The van der Waals surface area contributed by atoms with E-state index in [-0.39, 0.29) is 16.8 Å². The van der Waals surface area contributed by atoms with Crippen LogP contribution in [-0.4, -0.2) is 4.98 Å². The van der Waals surface area contributed by atoms with Gasteiger partial charge in [0.1, 0.15) is 24.0 Å². The molecule has 0 spiro atoms. The van der Waals surface area contributed by atoms with E-state index in [2.05, 4.69) is 20.9 Å². The Kier molecular flexibility index (Phi) is 3.76. The van der Waals surface area contributed by atoms with Crippen LogP contribution in [0.3, 0.4) is 0 Å². The molecule has 1 aromatic carbocycles. The van der Waals surface area contributed by atoms with Crippen molar-refractivity contribution in [3.63, 3.8) is 0 Å². The smallest absolute Gasteiger partial charge is 0.145 e. The SMILES string of the molecule is Nc1cc(Br)c(F)cc1OCc1cncc(F)c1. The van der Waals surface area contributed by atoms with E-state index >= 15 is 0 Å². The summed E-state index contributed by atoms with van der Waals surface area (Å²) < 4.78 is 31.8. The molecule has 6 heteroatoms. The summed E-state index contributed by atoms with van der Waals surface area (Å²) in [6, 6.07) is 3.87. The van der Waals surface area contributed by atoms with Crippen molar-refractivity contribution in [2.24, 2.45) is 0 Å². The summed E-state index contributed by atoms with van der Waals surface area (Å²) in [6.45, 7) is 0.0655. The van der Waals surface area contributed by atoms with E-state index in [1.165, 1.54) is 24.4 Å². The van der Waals surface area contributed by atoms with E-state index in [1.54, 1.807) is 0 Å². The summed E-state index contributed by atoms with van der Waals surface area (Å²) in [6.07, 6.45) is 2.56. The standard InChI is InChI=1S/C12H9BrF2N2O/c13-9-2-11(16)12(3-10(9)15)18-6-7-1-8(14)5-17-4-7/h1-5H,6,16H2. The molecule has 94 valence electrons. The molecule has 0 aliphatic heterocycles. The molecule has 0 bridgehead atoms. The zero-order valence-electron chi connectivity index (χ0n) is 9.16. The lowest BCUT2D eigenvalue weighted by Crippen LogP contribution is -2.00. The van der Waals surface area contributed by atoms with Crippen LogP contribution >= 0.6 is 15.9 Å². The molecule has 0 unspecified atom stereocenters. The normalized spacial score (nSPS) is 10.4. The van der Waals surface area contributed by atoms with E-state index in [9.17, 15) is 8.78 Å². The Morgan fingerprint density at radius 1 is 1.22 bits per heavy atom. The van der Waals surface area contributed by atoms with Crippen LogP contribution in [0, 0.1) is 11.6 Å². The minimum Gasteiger partial charge on any atom is -0.487 e. The Balaban J connectivity index is 2.13. The molecule has 0 radical (unpaired) electrons. The maximum atomic E-state index is 13.3. The van der Waals surface area contributed by atoms with Gasteiger partial charge in [0, 0.05) is 17.8 Å². The zero-order chi connectivity index (χ0) is 13.1. The van der Waals surface area contributed by atoms with Crippen LogP contribution in [0.2, 0.25) is 0 Å². The van der Waals surface area contributed by atoms with Crippen LogP contribution in [-0.2, 0) is 6.61 Å². The Morgan fingerprint density at radius 2 is 2.00 bits per heavy atom. The molecule has 0 atom stereocenters. The number of nitrogens with zero attached hydrogens (tertiary/aromatic N) is 1. The molecule has 1 heterocycles. The third-order valence-corrected chi connectivity index (χ3v) is 2.82. The third-order valence-electron chi connectivity index (χ3n) is 2.21. The van der Waals surface area contributed by atoms with Crippen molar-refractivity contribution in [3.05, 3.63) is 52.3 Å². The van der Waals surface area contributed by atoms with Crippen molar-refractivity contribution in [3.8, 4) is 5.75 Å². The van der Waals surface area contributed by atoms with Crippen molar-refractivity contribution in [2.75, 3.05) is 5.73 Å². The minimum atomic E-state index is -0.475. The second-order valence-electron chi connectivity index (χ2n) is 3.60. The lowest BCUT2D eigenvalue weighted by molar-refractivity contribution is 0.305. The number of aromatic nitrogens is 1. The van der Waals surface area contributed by atoms with Gasteiger partial charge >= 0.3 is 0 Å². The number of ether oxygens (including phenoxy) is 1. The fraction of sp³-hybridized carbons (Fsp3) is 0.0833. The van der Waals surface area contributed by atoms with E-state index < -0.39 is 11.6 Å². The van der Waals surface area contributed by atoms with Crippen LogP contribution in [0.5, 0.6) is 5.75 Å². The molecule has 2 aromatic rings. The monoisotopic (exact) mass is 314 g/mol. The minimum absolute atomic E-state index is 0.0655. The molecule has 18 heavy (non-hydrogen) atoms. The predicted octanol–water partition coefficient (Wildman–Crippen LogP) is 3.28. The van der Waals surface area contributed by atoms with Gasteiger partial charge in [-0.05, 0) is 28.1 Å². The van der Waals surface area contributed by atoms with E-state index in [0.717, 1.165) is 6.20 Å². The molecule has 0 saturated carbocycles. The van der Waals surface area contributed by atoms with Gasteiger partial charge in [-0.2, -0.15) is 0 Å². The summed E-state index contributed by atoms with van der Waals surface area (Å²) >= 11 is 3.02. The highest BCUT2D eigenvalue weighted by molar-refractivity contribution is 9.10. The number of nitrogens with two attached hydrogens (primary N) is 1. The summed E-state index contributed by atoms with van der Waals surface area (Å²) in [7, 11) is 0. The number of pyridine rings is 1. The fourth-order valence-corrected chi connectivity index (χ4v) is 1.73. The maximum Gasteiger partial charge on any atom is 0.145 e. The van der Waals surface area contributed by atoms with Gasteiger partial charge in [0.2, 0.25) is 0 Å². The quantitative estimate of drug-likeness (QED) is 0.884. The van der Waals surface area contributed by atoms with Gasteiger partial charge in [0.05, 0.1) is 16.4 Å². The zero-order valence-corrected chi connectivity index (χ0v) is 10.7. The number of nitrogen functional groups attached to an aromatic ring is 1. The molecule has 0 fully saturated rings. The van der Waals surface area contributed by atoms with Gasteiger partial charge in [-0.15, -0.1) is 0 Å². The van der Waals surface area contributed by atoms with Crippen molar-refractivity contribution >= 4 is 21.6 Å². The van der Waals surface area contributed by atoms with Gasteiger partial charge in [-0.25, -0.2) is 8.78 Å².